The standard InChI is InChI=1S/C14H30NO4P/c1-2-3-4-5-6-7-8-13-18-20(16,17)19-14-9-11-15-12-10-14/h14-15H,2-13H2,1H3,(H,16,17). The molecule has 2 N–H and O–H groups in total. The van der Waals surface area contributed by atoms with Crippen LogP contribution < -0.4 is 5.32 Å². The Kier molecular flexibility index (Phi) is 9.74. The topological polar surface area (TPSA) is 67.8 Å². The molecule has 1 rings (SSSR count). The lowest BCUT2D eigenvalue weighted by Gasteiger charge is -2.24. The van der Waals surface area contributed by atoms with Crippen molar-refractivity contribution < 1.29 is 18.5 Å². The van der Waals surface area contributed by atoms with Crippen LogP contribution in [-0.4, -0.2) is 30.7 Å². The zero-order chi connectivity index (χ0) is 14.7. The van der Waals surface area contributed by atoms with Crippen LogP contribution in [0.5, 0.6) is 0 Å². The largest absolute Gasteiger partial charge is 0.472 e. The van der Waals surface area contributed by atoms with E-state index in [1.165, 1.54) is 32.1 Å². The first-order valence-corrected chi connectivity index (χ1v) is 9.50. The van der Waals surface area contributed by atoms with Gasteiger partial charge in [-0.15, -0.1) is 0 Å². The van der Waals surface area contributed by atoms with E-state index in [1.54, 1.807) is 0 Å². The zero-order valence-corrected chi connectivity index (χ0v) is 13.6. The molecule has 1 unspecified atom stereocenters. The Hall–Kier alpha value is 0.0700. The smallest absolute Gasteiger partial charge is 0.317 e. The van der Waals surface area contributed by atoms with Gasteiger partial charge in [-0.05, 0) is 32.4 Å². The summed E-state index contributed by atoms with van der Waals surface area (Å²) in [6.07, 6.45) is 9.53. The normalized spacial score (nSPS) is 19.9. The molecule has 5 nitrogen and oxygen atoms in total. The molecule has 6 heteroatoms. The third-order valence-corrected chi connectivity index (χ3v) is 4.64. The summed E-state index contributed by atoms with van der Waals surface area (Å²) >= 11 is 0. The molecule has 120 valence electrons. The maximum atomic E-state index is 11.7. The van der Waals surface area contributed by atoms with Gasteiger partial charge in [0.25, 0.3) is 0 Å². The first-order chi connectivity index (χ1) is 9.64. The van der Waals surface area contributed by atoms with Crippen molar-refractivity contribution in [3.63, 3.8) is 0 Å². The maximum Gasteiger partial charge on any atom is 0.472 e. The molecule has 1 heterocycles. The number of phosphoric ester groups is 1. The molecule has 0 aliphatic carbocycles. The molecule has 1 atom stereocenters. The first-order valence-electron chi connectivity index (χ1n) is 8.00. The predicted molar refractivity (Wildman–Crippen MR) is 80.7 cm³/mol. The SMILES string of the molecule is CCCCCCCCCOP(=O)(O)OC1CCNCC1. The summed E-state index contributed by atoms with van der Waals surface area (Å²) in [5.41, 5.74) is 0. The van der Waals surface area contributed by atoms with Gasteiger partial charge in [0.15, 0.2) is 0 Å². The molecule has 1 aliphatic rings. The summed E-state index contributed by atoms with van der Waals surface area (Å²) in [7, 11) is -3.86. The Morgan fingerprint density at radius 1 is 1.10 bits per heavy atom. The summed E-state index contributed by atoms with van der Waals surface area (Å²) in [6, 6.07) is 0. The van der Waals surface area contributed by atoms with Gasteiger partial charge in [-0.2, -0.15) is 0 Å². The van der Waals surface area contributed by atoms with Crippen LogP contribution in [0.1, 0.15) is 64.7 Å². The van der Waals surface area contributed by atoms with Crippen molar-refractivity contribution in [2.75, 3.05) is 19.7 Å². The highest BCUT2D eigenvalue weighted by molar-refractivity contribution is 7.47. The average molecular weight is 307 g/mol. The molecule has 1 fully saturated rings. The summed E-state index contributed by atoms with van der Waals surface area (Å²) in [6.45, 7) is 4.19. The van der Waals surface area contributed by atoms with E-state index >= 15 is 0 Å². The van der Waals surface area contributed by atoms with Crippen LogP contribution in [0.2, 0.25) is 0 Å². The number of hydrogen-bond donors (Lipinski definition) is 2. The highest BCUT2D eigenvalue weighted by Crippen LogP contribution is 2.45. The Morgan fingerprint density at radius 2 is 1.70 bits per heavy atom. The predicted octanol–water partition coefficient (Wildman–Crippen LogP) is 3.62. The zero-order valence-electron chi connectivity index (χ0n) is 12.7. The third-order valence-electron chi connectivity index (χ3n) is 3.57. The van der Waals surface area contributed by atoms with Gasteiger partial charge >= 0.3 is 7.82 Å². The van der Waals surface area contributed by atoms with Crippen LogP contribution in [0.25, 0.3) is 0 Å². The quantitative estimate of drug-likeness (QED) is 0.451. The fourth-order valence-corrected chi connectivity index (χ4v) is 3.37. The summed E-state index contributed by atoms with van der Waals surface area (Å²) in [4.78, 5) is 9.63. The van der Waals surface area contributed by atoms with Crippen molar-refractivity contribution in [1.29, 1.82) is 0 Å². The number of unbranched alkanes of at least 4 members (excludes halogenated alkanes) is 6. The number of nitrogens with one attached hydrogen (secondary N) is 1. The number of rotatable bonds is 11. The van der Waals surface area contributed by atoms with Crippen LogP contribution in [0.3, 0.4) is 0 Å². The average Bonchev–Trinajstić information content (AvgIpc) is 2.42. The van der Waals surface area contributed by atoms with E-state index in [0.29, 0.717) is 6.61 Å². The summed E-state index contributed by atoms with van der Waals surface area (Å²) < 4.78 is 22.0. The van der Waals surface area contributed by atoms with Gasteiger partial charge in [0, 0.05) is 0 Å². The molecular weight excluding hydrogens is 277 g/mol. The van der Waals surface area contributed by atoms with Gasteiger partial charge in [0.1, 0.15) is 0 Å². The van der Waals surface area contributed by atoms with Gasteiger partial charge in [0.2, 0.25) is 0 Å². The molecule has 0 amide bonds. The van der Waals surface area contributed by atoms with Crippen LogP contribution in [-0.2, 0) is 13.6 Å². The van der Waals surface area contributed by atoms with E-state index in [-0.39, 0.29) is 6.10 Å². The Bertz CT molecular complexity index is 282. The second kappa shape index (κ2) is 10.7. The molecule has 0 aromatic heterocycles. The summed E-state index contributed by atoms with van der Waals surface area (Å²) in [5, 5.41) is 3.19. The molecule has 0 bridgehead atoms. The van der Waals surface area contributed by atoms with Crippen LogP contribution in [0, 0.1) is 0 Å². The molecule has 1 saturated heterocycles. The van der Waals surface area contributed by atoms with Crippen molar-refractivity contribution in [3.05, 3.63) is 0 Å². The number of piperidine rings is 1. The molecule has 0 saturated carbocycles. The highest BCUT2D eigenvalue weighted by Gasteiger charge is 2.27. The third kappa shape index (κ3) is 9.09. The lowest BCUT2D eigenvalue weighted by molar-refractivity contribution is 0.0856. The monoisotopic (exact) mass is 307 g/mol. The fourth-order valence-electron chi connectivity index (χ4n) is 2.36. The minimum absolute atomic E-state index is 0.152. The molecule has 0 radical (unpaired) electrons. The van der Waals surface area contributed by atoms with Crippen LogP contribution >= 0.6 is 7.82 Å². The van der Waals surface area contributed by atoms with E-state index in [2.05, 4.69) is 12.2 Å². The highest BCUT2D eigenvalue weighted by atomic mass is 31.2. The van der Waals surface area contributed by atoms with Crippen molar-refractivity contribution in [1.82, 2.24) is 5.32 Å². The van der Waals surface area contributed by atoms with Gasteiger partial charge in [-0.25, -0.2) is 4.57 Å². The van der Waals surface area contributed by atoms with E-state index in [9.17, 15) is 9.46 Å². The van der Waals surface area contributed by atoms with Gasteiger partial charge in [-0.1, -0.05) is 45.4 Å². The van der Waals surface area contributed by atoms with Crippen molar-refractivity contribution in [2.45, 2.75) is 70.8 Å². The van der Waals surface area contributed by atoms with E-state index < -0.39 is 7.82 Å². The van der Waals surface area contributed by atoms with Gasteiger partial charge in [0.05, 0.1) is 12.7 Å². The van der Waals surface area contributed by atoms with Crippen LogP contribution in [0.4, 0.5) is 0 Å². The van der Waals surface area contributed by atoms with E-state index in [4.69, 9.17) is 9.05 Å². The molecular formula is C14H30NO4P. The van der Waals surface area contributed by atoms with Gasteiger partial charge < -0.3 is 10.2 Å². The fraction of sp³-hybridized carbons (Fsp3) is 1.00. The minimum atomic E-state index is -3.86. The van der Waals surface area contributed by atoms with Crippen molar-refractivity contribution in [2.24, 2.45) is 0 Å². The molecule has 0 aromatic rings. The maximum absolute atomic E-state index is 11.7. The Balaban J connectivity index is 2.00. The van der Waals surface area contributed by atoms with E-state index in [1.807, 2.05) is 0 Å². The Labute approximate surface area is 123 Å². The molecule has 20 heavy (non-hydrogen) atoms. The van der Waals surface area contributed by atoms with Crippen LogP contribution in [0.15, 0.2) is 0 Å². The van der Waals surface area contributed by atoms with Crippen molar-refractivity contribution in [3.8, 4) is 0 Å². The van der Waals surface area contributed by atoms with E-state index in [0.717, 1.165) is 38.8 Å². The number of hydrogen-bond acceptors (Lipinski definition) is 4. The summed E-state index contributed by atoms with van der Waals surface area (Å²) in [5.74, 6) is 0. The van der Waals surface area contributed by atoms with Crippen molar-refractivity contribution >= 4 is 7.82 Å². The first kappa shape index (κ1) is 18.1. The Morgan fingerprint density at radius 3 is 2.35 bits per heavy atom. The second-order valence-corrected chi connectivity index (χ2v) is 6.88. The van der Waals surface area contributed by atoms with Gasteiger partial charge in [-0.3, -0.25) is 9.05 Å². The minimum Gasteiger partial charge on any atom is -0.317 e. The lowest BCUT2D eigenvalue weighted by Crippen LogP contribution is -2.32. The molecule has 0 aromatic carbocycles. The molecule has 0 spiro atoms. The number of phosphoric acid groups is 1. The second-order valence-electron chi connectivity index (χ2n) is 5.48. The lowest BCUT2D eigenvalue weighted by atomic mass is 10.1. The molecule has 1 aliphatic heterocycles.